The lowest BCUT2D eigenvalue weighted by atomic mass is 10.0. The lowest BCUT2D eigenvalue weighted by molar-refractivity contribution is 0.0595. The van der Waals surface area contributed by atoms with E-state index >= 15 is 0 Å². The van der Waals surface area contributed by atoms with E-state index in [1.54, 1.807) is 12.1 Å². The molecular formula is C18H15N3O3. The van der Waals surface area contributed by atoms with Crippen LogP contribution < -0.4 is 5.32 Å². The Kier molecular flexibility index (Phi) is 4.38. The van der Waals surface area contributed by atoms with Gasteiger partial charge in [0.1, 0.15) is 0 Å². The monoisotopic (exact) mass is 321 g/mol. The summed E-state index contributed by atoms with van der Waals surface area (Å²) in [6.45, 7) is 0. The second-order valence-electron chi connectivity index (χ2n) is 5.05. The minimum Gasteiger partial charge on any atom is -0.464 e. The first-order valence-corrected chi connectivity index (χ1v) is 7.27. The molecule has 0 unspecified atom stereocenters. The highest BCUT2D eigenvalue weighted by Crippen LogP contribution is 2.20. The number of anilines is 1. The number of hydrogen-bond donors (Lipinski definition) is 2. The molecule has 6 nitrogen and oxygen atoms in total. The first-order valence-electron chi connectivity index (χ1n) is 7.27. The third kappa shape index (κ3) is 3.17. The minimum absolute atomic E-state index is 0.103. The van der Waals surface area contributed by atoms with Gasteiger partial charge in [0.25, 0.3) is 5.91 Å². The molecule has 0 aliphatic heterocycles. The summed E-state index contributed by atoms with van der Waals surface area (Å²) >= 11 is 0. The fourth-order valence-corrected chi connectivity index (χ4v) is 2.28. The summed E-state index contributed by atoms with van der Waals surface area (Å²) in [6.07, 6.45) is 1.36. The molecule has 0 saturated carbocycles. The molecule has 0 aliphatic rings. The lowest BCUT2D eigenvalue weighted by Crippen LogP contribution is -2.14. The van der Waals surface area contributed by atoms with Gasteiger partial charge in [-0.1, -0.05) is 42.5 Å². The summed E-state index contributed by atoms with van der Waals surface area (Å²) in [5, 5.41) is 8.90. The zero-order valence-corrected chi connectivity index (χ0v) is 12.9. The topological polar surface area (TPSA) is 84.1 Å². The molecule has 0 spiro atoms. The first-order chi connectivity index (χ1) is 11.7. The van der Waals surface area contributed by atoms with Crippen LogP contribution in [-0.2, 0) is 4.74 Å². The summed E-state index contributed by atoms with van der Waals surface area (Å²) < 4.78 is 4.63. The van der Waals surface area contributed by atoms with Crippen molar-refractivity contribution in [2.24, 2.45) is 0 Å². The Labute approximate surface area is 138 Å². The average molecular weight is 321 g/mol. The molecule has 0 fully saturated rings. The van der Waals surface area contributed by atoms with E-state index in [1.807, 2.05) is 42.5 Å². The molecule has 0 atom stereocenters. The summed E-state index contributed by atoms with van der Waals surface area (Å²) in [7, 11) is 1.26. The highest BCUT2D eigenvalue weighted by Gasteiger charge is 2.17. The van der Waals surface area contributed by atoms with Gasteiger partial charge in [-0.15, -0.1) is 0 Å². The molecule has 1 heterocycles. The fraction of sp³-hybridized carbons (Fsp3) is 0.0556. The zero-order valence-electron chi connectivity index (χ0n) is 12.9. The number of aromatic amines is 1. The van der Waals surface area contributed by atoms with E-state index < -0.39 is 5.97 Å². The van der Waals surface area contributed by atoms with E-state index in [0.29, 0.717) is 5.56 Å². The molecule has 2 N–H and O–H groups in total. The van der Waals surface area contributed by atoms with Gasteiger partial charge in [0.05, 0.1) is 19.0 Å². The number of carbonyl (C=O) groups excluding carboxylic acids is 2. The Morgan fingerprint density at radius 1 is 1.00 bits per heavy atom. The van der Waals surface area contributed by atoms with Crippen molar-refractivity contribution in [1.82, 2.24) is 10.2 Å². The van der Waals surface area contributed by atoms with Crippen LogP contribution in [0, 0.1) is 0 Å². The Balaban J connectivity index is 1.77. The second kappa shape index (κ2) is 6.78. The van der Waals surface area contributed by atoms with Crippen LogP contribution in [0.3, 0.4) is 0 Å². The van der Waals surface area contributed by atoms with E-state index in [-0.39, 0.29) is 17.3 Å². The van der Waals surface area contributed by atoms with Crippen molar-refractivity contribution in [2.75, 3.05) is 12.4 Å². The number of benzene rings is 2. The number of rotatable bonds is 4. The molecule has 0 saturated heterocycles. The SMILES string of the molecule is COC(=O)c1[nH]ncc1NC(=O)c1ccc(-c2ccccc2)cc1. The molecular weight excluding hydrogens is 306 g/mol. The summed E-state index contributed by atoms with van der Waals surface area (Å²) in [4.78, 5) is 23.9. The van der Waals surface area contributed by atoms with Crippen LogP contribution in [-0.4, -0.2) is 29.2 Å². The molecule has 3 aromatic rings. The van der Waals surface area contributed by atoms with Crippen molar-refractivity contribution in [1.29, 1.82) is 0 Å². The number of H-pyrrole nitrogens is 1. The molecule has 2 aromatic carbocycles. The van der Waals surface area contributed by atoms with Crippen LogP contribution in [0.2, 0.25) is 0 Å². The third-order valence-corrected chi connectivity index (χ3v) is 3.53. The maximum atomic E-state index is 12.3. The summed E-state index contributed by atoms with van der Waals surface area (Å²) in [5.41, 5.74) is 2.95. The van der Waals surface area contributed by atoms with Gasteiger partial charge in [-0.2, -0.15) is 5.10 Å². The van der Waals surface area contributed by atoms with Crippen LogP contribution in [0.15, 0.2) is 60.8 Å². The smallest absolute Gasteiger partial charge is 0.358 e. The third-order valence-electron chi connectivity index (χ3n) is 3.53. The number of methoxy groups -OCH3 is 1. The van der Waals surface area contributed by atoms with E-state index in [9.17, 15) is 9.59 Å². The molecule has 0 bridgehead atoms. The van der Waals surface area contributed by atoms with Crippen molar-refractivity contribution in [3.05, 3.63) is 72.1 Å². The molecule has 0 aliphatic carbocycles. The number of nitrogens with zero attached hydrogens (tertiary/aromatic N) is 1. The Bertz CT molecular complexity index is 855. The zero-order chi connectivity index (χ0) is 16.9. The number of esters is 1. The predicted octanol–water partition coefficient (Wildman–Crippen LogP) is 3.12. The van der Waals surface area contributed by atoms with Crippen LogP contribution in [0.4, 0.5) is 5.69 Å². The number of carbonyl (C=O) groups is 2. The van der Waals surface area contributed by atoms with Crippen LogP contribution in [0.5, 0.6) is 0 Å². The summed E-state index contributed by atoms with van der Waals surface area (Å²) in [6, 6.07) is 17.1. The maximum Gasteiger partial charge on any atom is 0.358 e. The Hall–Kier alpha value is -3.41. The van der Waals surface area contributed by atoms with Gasteiger partial charge < -0.3 is 10.1 Å². The predicted molar refractivity (Wildman–Crippen MR) is 89.8 cm³/mol. The molecule has 1 aromatic heterocycles. The van der Waals surface area contributed by atoms with Crippen molar-refractivity contribution < 1.29 is 14.3 Å². The maximum absolute atomic E-state index is 12.3. The van der Waals surface area contributed by atoms with Crippen molar-refractivity contribution in [2.45, 2.75) is 0 Å². The fourth-order valence-electron chi connectivity index (χ4n) is 2.28. The molecule has 120 valence electrons. The van der Waals surface area contributed by atoms with Crippen molar-refractivity contribution >= 4 is 17.6 Å². The minimum atomic E-state index is -0.595. The van der Waals surface area contributed by atoms with Crippen molar-refractivity contribution in [3.63, 3.8) is 0 Å². The number of aromatic nitrogens is 2. The Morgan fingerprint density at radius 2 is 1.67 bits per heavy atom. The summed E-state index contributed by atoms with van der Waals surface area (Å²) in [5.74, 6) is -0.927. The van der Waals surface area contributed by atoms with Crippen molar-refractivity contribution in [3.8, 4) is 11.1 Å². The van der Waals surface area contributed by atoms with E-state index in [1.165, 1.54) is 13.3 Å². The van der Waals surface area contributed by atoms with Gasteiger partial charge in [0.15, 0.2) is 5.69 Å². The standard InChI is InChI=1S/C18H15N3O3/c1-24-18(23)16-15(11-19-21-16)20-17(22)14-9-7-13(8-10-14)12-5-3-2-4-6-12/h2-11H,1H3,(H,19,21)(H,20,22). The van der Waals surface area contributed by atoms with Gasteiger partial charge in [0.2, 0.25) is 0 Å². The molecule has 6 heteroatoms. The van der Waals surface area contributed by atoms with Gasteiger partial charge in [0, 0.05) is 5.56 Å². The quantitative estimate of drug-likeness (QED) is 0.723. The van der Waals surface area contributed by atoms with Crippen LogP contribution >= 0.6 is 0 Å². The average Bonchev–Trinajstić information content (AvgIpc) is 3.10. The lowest BCUT2D eigenvalue weighted by Gasteiger charge is -2.06. The van der Waals surface area contributed by atoms with Gasteiger partial charge in [-0.05, 0) is 23.3 Å². The number of nitrogens with one attached hydrogen (secondary N) is 2. The first kappa shape index (κ1) is 15.5. The molecule has 1 amide bonds. The number of hydrogen-bond acceptors (Lipinski definition) is 4. The number of amides is 1. The largest absolute Gasteiger partial charge is 0.464 e. The highest BCUT2D eigenvalue weighted by atomic mass is 16.5. The molecule has 0 radical (unpaired) electrons. The van der Waals surface area contributed by atoms with Gasteiger partial charge >= 0.3 is 5.97 Å². The van der Waals surface area contributed by atoms with Gasteiger partial charge in [-0.25, -0.2) is 4.79 Å². The van der Waals surface area contributed by atoms with E-state index in [0.717, 1.165) is 11.1 Å². The number of ether oxygens (including phenoxy) is 1. The van der Waals surface area contributed by atoms with Gasteiger partial charge in [-0.3, -0.25) is 9.89 Å². The highest BCUT2D eigenvalue weighted by molar-refractivity contribution is 6.07. The molecule has 24 heavy (non-hydrogen) atoms. The molecule has 3 rings (SSSR count). The van der Waals surface area contributed by atoms with Crippen LogP contribution in [0.25, 0.3) is 11.1 Å². The van der Waals surface area contributed by atoms with E-state index in [4.69, 9.17) is 0 Å². The second-order valence-corrected chi connectivity index (χ2v) is 5.05. The van der Waals surface area contributed by atoms with Crippen LogP contribution in [0.1, 0.15) is 20.8 Å². The normalized spacial score (nSPS) is 10.2. The van der Waals surface area contributed by atoms with E-state index in [2.05, 4.69) is 20.3 Å². The Morgan fingerprint density at radius 3 is 2.33 bits per heavy atom.